The molecule has 70 heavy (non-hydrogen) atoms. The molecule has 1 aromatic heterocycles. The average molecular weight is 991 g/mol. The van der Waals surface area contributed by atoms with E-state index >= 15 is 0 Å². The van der Waals surface area contributed by atoms with Gasteiger partial charge in [-0.05, 0) is 188 Å². The number of H-pyrrole nitrogens is 1. The lowest BCUT2D eigenvalue weighted by Gasteiger charge is -2.45. The molecule has 3 aliphatic carbocycles. The second kappa shape index (κ2) is 24.8. The van der Waals surface area contributed by atoms with Gasteiger partial charge in [0, 0.05) is 88.2 Å². The number of halogens is 2. The van der Waals surface area contributed by atoms with Crippen molar-refractivity contribution in [2.45, 2.75) is 139 Å². The van der Waals surface area contributed by atoms with Gasteiger partial charge in [-0.1, -0.05) is 71.7 Å². The van der Waals surface area contributed by atoms with Crippen molar-refractivity contribution in [2.75, 3.05) is 40.1 Å². The summed E-state index contributed by atoms with van der Waals surface area (Å²) in [5.41, 5.74) is 8.52. The number of aromatic nitrogens is 1. The van der Waals surface area contributed by atoms with Crippen molar-refractivity contribution < 1.29 is 19.2 Å². The van der Waals surface area contributed by atoms with Crippen LogP contribution in [0.4, 0.5) is 5.69 Å². The number of hydrogen-bond acceptors (Lipinski definition) is 6. The first kappa shape index (κ1) is 52.6. The quantitative estimate of drug-likeness (QED) is 0.0593. The molecule has 0 aliphatic heterocycles. The molecule has 11 nitrogen and oxygen atoms in total. The van der Waals surface area contributed by atoms with Crippen LogP contribution < -0.4 is 21.3 Å². The SMILES string of the molecule is CN(C)C1(Cc2ccc(Cl)cc2)CCC(NC(=O)CCC(=O)Nc2ccc3c(c2)CCC3)CC1.CN(C)C1(Cc2cccc(Cl)c2)CCC(NC(=O)CCC(=O)NCCc2c[nH]c3ccccc23)CC1. The Hall–Kier alpha value is -5.20. The van der Waals surface area contributed by atoms with Crippen molar-refractivity contribution >= 4 is 63.4 Å². The van der Waals surface area contributed by atoms with Gasteiger partial charge in [-0.25, -0.2) is 0 Å². The van der Waals surface area contributed by atoms with E-state index in [9.17, 15) is 19.2 Å². The normalized spacial score (nSPS) is 20.9. The highest BCUT2D eigenvalue weighted by molar-refractivity contribution is 6.30. The van der Waals surface area contributed by atoms with E-state index in [1.807, 2.05) is 60.8 Å². The number of rotatable bonds is 18. The van der Waals surface area contributed by atoms with E-state index in [1.165, 1.54) is 39.6 Å². The maximum Gasteiger partial charge on any atom is 0.224 e. The molecule has 2 fully saturated rings. The van der Waals surface area contributed by atoms with Crippen molar-refractivity contribution in [3.8, 4) is 0 Å². The number of aryl methyl sites for hydroxylation is 2. The predicted octanol–water partition coefficient (Wildman–Crippen LogP) is 10.0. The van der Waals surface area contributed by atoms with Crippen LogP contribution in [0.3, 0.4) is 0 Å². The van der Waals surface area contributed by atoms with Gasteiger partial charge in [0.2, 0.25) is 23.6 Å². The predicted molar refractivity (Wildman–Crippen MR) is 285 cm³/mol. The molecular formula is C57H73Cl2N7O4. The summed E-state index contributed by atoms with van der Waals surface area (Å²) in [5.74, 6) is -0.267. The average Bonchev–Trinajstić information content (AvgIpc) is 3.99. The summed E-state index contributed by atoms with van der Waals surface area (Å²) in [7, 11) is 8.57. The van der Waals surface area contributed by atoms with Crippen molar-refractivity contribution in [2.24, 2.45) is 0 Å². The molecule has 8 rings (SSSR count). The Labute approximate surface area is 425 Å². The lowest BCUT2D eigenvalue weighted by atomic mass is 9.75. The van der Waals surface area contributed by atoms with Crippen LogP contribution in [-0.4, -0.2) is 96.3 Å². The van der Waals surface area contributed by atoms with Gasteiger partial charge in [0.25, 0.3) is 0 Å². The van der Waals surface area contributed by atoms with Gasteiger partial charge in [0.1, 0.15) is 0 Å². The minimum Gasteiger partial charge on any atom is -0.361 e. The highest BCUT2D eigenvalue weighted by Gasteiger charge is 2.39. The Bertz CT molecular complexity index is 2540. The molecule has 0 radical (unpaired) electrons. The minimum absolute atomic E-state index is 0.0378. The fourth-order valence-corrected chi connectivity index (χ4v) is 11.2. The largest absolute Gasteiger partial charge is 0.361 e. The first-order chi connectivity index (χ1) is 33.7. The molecule has 5 N–H and O–H groups in total. The zero-order valence-electron chi connectivity index (χ0n) is 41.6. The fraction of sp³-hybridized carbons (Fsp3) is 0.474. The maximum atomic E-state index is 12.5. The van der Waals surface area contributed by atoms with Crippen molar-refractivity contribution in [1.82, 2.24) is 30.7 Å². The molecule has 3 aliphatic rings. The van der Waals surface area contributed by atoms with Crippen molar-refractivity contribution in [3.05, 3.63) is 135 Å². The summed E-state index contributed by atoms with van der Waals surface area (Å²) in [6, 6.07) is 30.8. The molecular weight excluding hydrogens is 918 g/mol. The maximum absolute atomic E-state index is 12.5. The summed E-state index contributed by atoms with van der Waals surface area (Å²) in [5, 5.41) is 14.9. The first-order valence-electron chi connectivity index (χ1n) is 25.3. The van der Waals surface area contributed by atoms with Gasteiger partial charge in [0.05, 0.1) is 0 Å². The topological polar surface area (TPSA) is 139 Å². The number of benzene rings is 4. The smallest absolute Gasteiger partial charge is 0.224 e. The van der Waals surface area contributed by atoms with E-state index in [0.29, 0.717) is 6.54 Å². The van der Waals surface area contributed by atoms with Crippen LogP contribution >= 0.6 is 23.2 Å². The van der Waals surface area contributed by atoms with Crippen LogP contribution in [0.2, 0.25) is 10.0 Å². The Balaban J connectivity index is 0.000000207. The highest BCUT2D eigenvalue weighted by atomic mass is 35.5. The number of likely N-dealkylation sites (N-methyl/N-ethyl adjacent to an activating group) is 2. The molecule has 4 aromatic carbocycles. The summed E-state index contributed by atoms with van der Waals surface area (Å²) < 4.78 is 0. The molecule has 0 unspecified atom stereocenters. The number of anilines is 1. The lowest BCUT2D eigenvalue weighted by molar-refractivity contribution is -0.127. The summed E-state index contributed by atoms with van der Waals surface area (Å²) in [4.78, 5) is 57.6. The molecule has 0 atom stereocenters. The Kier molecular flexibility index (Phi) is 18.6. The number of hydrogen-bond donors (Lipinski definition) is 5. The van der Waals surface area contributed by atoms with E-state index in [1.54, 1.807) is 0 Å². The first-order valence-corrected chi connectivity index (χ1v) is 26.1. The fourth-order valence-electron chi connectivity index (χ4n) is 10.9. The van der Waals surface area contributed by atoms with Crippen LogP contribution in [0.5, 0.6) is 0 Å². The number of carbonyl (C=O) groups is 4. The van der Waals surface area contributed by atoms with Crippen molar-refractivity contribution in [1.29, 1.82) is 0 Å². The number of nitrogens with one attached hydrogen (secondary N) is 5. The molecule has 374 valence electrons. The lowest BCUT2D eigenvalue weighted by Crippen LogP contribution is -2.52. The Morgan fingerprint density at radius 3 is 1.83 bits per heavy atom. The van der Waals surface area contributed by atoms with Crippen LogP contribution in [0.25, 0.3) is 10.9 Å². The van der Waals surface area contributed by atoms with E-state index in [-0.39, 0.29) is 72.5 Å². The standard InChI is InChI=1S/C29H37ClN4O2.C28H36ClN3O2/c1-34(2)29(19-21-6-5-7-23(30)18-21)15-12-24(13-16-29)33-28(36)11-10-27(35)31-17-14-22-20-32-26-9-4-3-8-25(22)26;1-32(2)28(19-20-6-9-23(29)10-7-20)16-14-24(15-17-28)30-26(33)12-13-27(34)31-25-11-8-21-4-3-5-22(21)18-25/h3-9,18,20,24,32H,10-17,19H2,1-2H3,(H,31,35)(H,33,36);6-11,18,24H,3-5,12-17,19H2,1-2H3,(H,30,33)(H,31,34). The second-order valence-corrected chi connectivity index (χ2v) is 21.2. The molecule has 13 heteroatoms. The Morgan fingerprint density at radius 2 is 1.20 bits per heavy atom. The van der Waals surface area contributed by atoms with Gasteiger partial charge < -0.3 is 36.1 Å². The zero-order chi connectivity index (χ0) is 49.7. The molecule has 0 spiro atoms. The summed E-state index contributed by atoms with van der Waals surface area (Å²) in [6.45, 7) is 0.560. The Morgan fingerprint density at radius 1 is 0.614 bits per heavy atom. The molecule has 0 bridgehead atoms. The van der Waals surface area contributed by atoms with Crippen LogP contribution in [0.1, 0.15) is 111 Å². The third-order valence-corrected chi connectivity index (χ3v) is 15.7. The molecule has 4 amide bonds. The highest BCUT2D eigenvalue weighted by Crippen LogP contribution is 2.37. The molecule has 1 heterocycles. The van der Waals surface area contributed by atoms with Crippen LogP contribution in [0.15, 0.2) is 97.2 Å². The number of para-hydroxylation sites is 1. The summed E-state index contributed by atoms with van der Waals surface area (Å²) >= 11 is 12.3. The number of fused-ring (bicyclic) bond motifs is 2. The number of carbonyl (C=O) groups excluding carboxylic acids is 4. The van der Waals surface area contributed by atoms with Crippen LogP contribution in [-0.2, 0) is 51.3 Å². The number of nitrogens with zero attached hydrogens (tertiary/aromatic N) is 2. The van der Waals surface area contributed by atoms with Gasteiger partial charge in [0.15, 0.2) is 0 Å². The third-order valence-electron chi connectivity index (χ3n) is 15.3. The van der Waals surface area contributed by atoms with E-state index < -0.39 is 0 Å². The molecule has 5 aromatic rings. The van der Waals surface area contributed by atoms with Gasteiger partial charge in [-0.15, -0.1) is 0 Å². The minimum atomic E-state index is -0.105. The second-order valence-electron chi connectivity index (χ2n) is 20.4. The summed E-state index contributed by atoms with van der Waals surface area (Å²) in [6.07, 6.45) is 16.7. The van der Waals surface area contributed by atoms with Crippen molar-refractivity contribution in [3.63, 3.8) is 0 Å². The number of amides is 4. The number of aromatic amines is 1. The van der Waals surface area contributed by atoms with E-state index in [0.717, 1.165) is 105 Å². The monoisotopic (exact) mass is 990 g/mol. The van der Waals surface area contributed by atoms with E-state index in [4.69, 9.17) is 23.2 Å². The van der Waals surface area contributed by atoms with Gasteiger partial charge in [-0.3, -0.25) is 19.2 Å². The van der Waals surface area contributed by atoms with Gasteiger partial charge >= 0.3 is 0 Å². The zero-order valence-corrected chi connectivity index (χ0v) is 43.1. The van der Waals surface area contributed by atoms with Crippen LogP contribution in [0, 0.1) is 0 Å². The third kappa shape index (κ3) is 14.7. The van der Waals surface area contributed by atoms with E-state index in [2.05, 4.69) is 101 Å². The van der Waals surface area contributed by atoms with Gasteiger partial charge in [-0.2, -0.15) is 0 Å². The molecule has 2 saturated carbocycles. The molecule has 0 saturated heterocycles.